The molecular formula is C21H22N4O4S. The predicted molar refractivity (Wildman–Crippen MR) is 113 cm³/mol. The SMILES string of the molecule is Cc1ccc(-c2ccc(=O)n(C(C)C(=O)NCc3ccc(S(N)(=O)=O)cc3)n2)cc1. The lowest BCUT2D eigenvalue weighted by molar-refractivity contribution is -0.124. The van der Waals surface area contributed by atoms with E-state index in [4.69, 9.17) is 5.14 Å². The summed E-state index contributed by atoms with van der Waals surface area (Å²) in [7, 11) is -3.77. The fourth-order valence-corrected chi connectivity index (χ4v) is 3.34. The molecule has 1 atom stereocenters. The van der Waals surface area contributed by atoms with E-state index in [0.717, 1.165) is 15.8 Å². The van der Waals surface area contributed by atoms with E-state index in [1.54, 1.807) is 25.1 Å². The third-order valence-electron chi connectivity index (χ3n) is 4.64. The van der Waals surface area contributed by atoms with Crippen LogP contribution in [0.4, 0.5) is 0 Å². The molecule has 2 aromatic carbocycles. The number of carbonyl (C=O) groups is 1. The lowest BCUT2D eigenvalue weighted by atomic mass is 10.1. The summed E-state index contributed by atoms with van der Waals surface area (Å²) in [6.45, 7) is 3.74. The summed E-state index contributed by atoms with van der Waals surface area (Å²) in [5, 5.41) is 12.2. The van der Waals surface area contributed by atoms with Crippen LogP contribution in [-0.4, -0.2) is 24.1 Å². The highest BCUT2D eigenvalue weighted by atomic mass is 32.2. The minimum atomic E-state index is -3.77. The van der Waals surface area contributed by atoms with Gasteiger partial charge in [0.25, 0.3) is 5.56 Å². The van der Waals surface area contributed by atoms with Crippen molar-refractivity contribution in [3.05, 3.63) is 82.1 Å². The molecular weight excluding hydrogens is 404 g/mol. The summed E-state index contributed by atoms with van der Waals surface area (Å²) in [5.41, 5.74) is 2.85. The first kappa shape index (κ1) is 21.4. The molecule has 0 spiro atoms. The van der Waals surface area contributed by atoms with E-state index >= 15 is 0 Å². The van der Waals surface area contributed by atoms with Gasteiger partial charge in [-0.1, -0.05) is 42.0 Å². The molecule has 0 radical (unpaired) electrons. The molecule has 156 valence electrons. The van der Waals surface area contributed by atoms with Crippen molar-refractivity contribution >= 4 is 15.9 Å². The van der Waals surface area contributed by atoms with Gasteiger partial charge in [0.1, 0.15) is 6.04 Å². The number of benzene rings is 2. The fourth-order valence-electron chi connectivity index (χ4n) is 2.83. The van der Waals surface area contributed by atoms with Crippen molar-refractivity contribution in [2.75, 3.05) is 0 Å². The van der Waals surface area contributed by atoms with Gasteiger partial charge in [-0.15, -0.1) is 0 Å². The summed E-state index contributed by atoms with van der Waals surface area (Å²) >= 11 is 0. The highest BCUT2D eigenvalue weighted by molar-refractivity contribution is 7.89. The van der Waals surface area contributed by atoms with Gasteiger partial charge >= 0.3 is 0 Å². The average molecular weight is 426 g/mol. The summed E-state index contributed by atoms with van der Waals surface area (Å²) in [4.78, 5) is 24.8. The molecule has 0 saturated carbocycles. The number of aryl methyl sites for hydroxylation is 1. The van der Waals surface area contributed by atoms with Crippen molar-refractivity contribution in [3.8, 4) is 11.3 Å². The number of carbonyl (C=O) groups excluding carboxylic acids is 1. The van der Waals surface area contributed by atoms with E-state index in [9.17, 15) is 18.0 Å². The molecule has 3 rings (SSSR count). The van der Waals surface area contributed by atoms with E-state index in [-0.39, 0.29) is 22.9 Å². The van der Waals surface area contributed by atoms with Crippen LogP contribution in [0.5, 0.6) is 0 Å². The predicted octanol–water partition coefficient (Wildman–Crippen LogP) is 1.74. The highest BCUT2D eigenvalue weighted by Gasteiger charge is 2.18. The van der Waals surface area contributed by atoms with E-state index in [1.807, 2.05) is 31.2 Å². The molecule has 0 aliphatic carbocycles. The molecule has 3 aromatic rings. The van der Waals surface area contributed by atoms with Crippen molar-refractivity contribution < 1.29 is 13.2 Å². The molecule has 9 heteroatoms. The molecule has 3 N–H and O–H groups in total. The van der Waals surface area contributed by atoms with Gasteiger partial charge in [0.05, 0.1) is 10.6 Å². The number of hydrogen-bond acceptors (Lipinski definition) is 5. The second-order valence-corrected chi connectivity index (χ2v) is 8.51. The third-order valence-corrected chi connectivity index (χ3v) is 5.57. The molecule has 8 nitrogen and oxygen atoms in total. The maximum absolute atomic E-state index is 12.6. The molecule has 1 heterocycles. The van der Waals surface area contributed by atoms with Gasteiger partial charge in [-0.2, -0.15) is 5.10 Å². The standard InChI is InChI=1S/C21H22N4O4S/c1-14-3-7-17(8-4-14)19-11-12-20(26)25(24-19)15(2)21(27)23-13-16-5-9-18(10-6-16)30(22,28)29/h3-12,15H,13H2,1-2H3,(H,23,27)(H2,22,28,29). The van der Waals surface area contributed by atoms with Crippen LogP contribution in [-0.2, 0) is 21.4 Å². The maximum Gasteiger partial charge on any atom is 0.267 e. The number of sulfonamides is 1. The Morgan fingerprint density at radius 3 is 2.30 bits per heavy atom. The Hall–Kier alpha value is -3.30. The van der Waals surface area contributed by atoms with Gasteiger partial charge in [0.15, 0.2) is 0 Å². The first-order valence-electron chi connectivity index (χ1n) is 9.21. The first-order chi connectivity index (χ1) is 14.1. The lowest BCUT2D eigenvalue weighted by Crippen LogP contribution is -2.36. The number of nitrogens with one attached hydrogen (secondary N) is 1. The molecule has 30 heavy (non-hydrogen) atoms. The highest BCUT2D eigenvalue weighted by Crippen LogP contribution is 2.17. The Bertz CT molecular complexity index is 1220. The minimum Gasteiger partial charge on any atom is -0.350 e. The molecule has 0 aliphatic rings. The number of nitrogens with two attached hydrogens (primary N) is 1. The maximum atomic E-state index is 12.6. The van der Waals surface area contributed by atoms with Crippen molar-refractivity contribution in [1.82, 2.24) is 15.1 Å². The Morgan fingerprint density at radius 1 is 1.07 bits per heavy atom. The van der Waals surface area contributed by atoms with Crippen LogP contribution < -0.4 is 16.0 Å². The summed E-state index contributed by atoms with van der Waals surface area (Å²) in [5.74, 6) is -0.388. The van der Waals surface area contributed by atoms with Crippen molar-refractivity contribution in [2.45, 2.75) is 31.3 Å². The van der Waals surface area contributed by atoms with Crippen LogP contribution in [0.1, 0.15) is 24.1 Å². The van der Waals surface area contributed by atoms with Gasteiger partial charge in [0, 0.05) is 18.2 Å². The van der Waals surface area contributed by atoms with Gasteiger partial charge in [-0.25, -0.2) is 18.2 Å². The number of primary sulfonamides is 1. The molecule has 0 saturated heterocycles. The van der Waals surface area contributed by atoms with E-state index in [0.29, 0.717) is 11.3 Å². The van der Waals surface area contributed by atoms with Crippen LogP contribution in [0.15, 0.2) is 70.4 Å². The Morgan fingerprint density at radius 2 is 1.70 bits per heavy atom. The first-order valence-corrected chi connectivity index (χ1v) is 10.8. The number of hydrogen-bond donors (Lipinski definition) is 2. The summed E-state index contributed by atoms with van der Waals surface area (Å²) in [6.07, 6.45) is 0. The largest absolute Gasteiger partial charge is 0.350 e. The van der Waals surface area contributed by atoms with Gasteiger partial charge in [-0.3, -0.25) is 9.59 Å². The number of nitrogens with zero attached hydrogens (tertiary/aromatic N) is 2. The Labute approximate surface area is 174 Å². The molecule has 1 amide bonds. The topological polar surface area (TPSA) is 124 Å². The van der Waals surface area contributed by atoms with Crippen LogP contribution in [0.25, 0.3) is 11.3 Å². The van der Waals surface area contributed by atoms with Gasteiger partial charge in [0.2, 0.25) is 15.9 Å². The fraction of sp³-hybridized carbons (Fsp3) is 0.190. The van der Waals surface area contributed by atoms with Crippen LogP contribution in [0.3, 0.4) is 0 Å². The van der Waals surface area contributed by atoms with Crippen molar-refractivity contribution in [2.24, 2.45) is 5.14 Å². The molecule has 0 aliphatic heterocycles. The molecule has 0 bridgehead atoms. The monoisotopic (exact) mass is 426 g/mol. The zero-order chi connectivity index (χ0) is 21.9. The number of amides is 1. The third kappa shape index (κ3) is 5.00. The van der Waals surface area contributed by atoms with Crippen molar-refractivity contribution in [3.63, 3.8) is 0 Å². The second kappa shape index (κ2) is 8.60. The van der Waals surface area contributed by atoms with Gasteiger partial charge < -0.3 is 5.32 Å². The molecule has 1 aromatic heterocycles. The lowest BCUT2D eigenvalue weighted by Gasteiger charge is -2.15. The second-order valence-electron chi connectivity index (χ2n) is 6.95. The summed E-state index contributed by atoms with van der Waals surface area (Å²) < 4.78 is 23.8. The zero-order valence-corrected chi connectivity index (χ0v) is 17.4. The average Bonchev–Trinajstić information content (AvgIpc) is 2.72. The van der Waals surface area contributed by atoms with Crippen molar-refractivity contribution in [1.29, 1.82) is 0 Å². The number of aromatic nitrogens is 2. The van der Waals surface area contributed by atoms with E-state index in [2.05, 4.69) is 10.4 Å². The van der Waals surface area contributed by atoms with Crippen LogP contribution in [0, 0.1) is 6.92 Å². The van der Waals surface area contributed by atoms with Crippen LogP contribution in [0.2, 0.25) is 0 Å². The smallest absolute Gasteiger partial charge is 0.267 e. The van der Waals surface area contributed by atoms with E-state index in [1.165, 1.54) is 18.2 Å². The molecule has 0 fully saturated rings. The Balaban J connectivity index is 1.73. The zero-order valence-electron chi connectivity index (χ0n) is 16.6. The minimum absolute atomic E-state index is 0.00498. The molecule has 1 unspecified atom stereocenters. The van der Waals surface area contributed by atoms with E-state index < -0.39 is 16.1 Å². The quantitative estimate of drug-likeness (QED) is 0.621. The van der Waals surface area contributed by atoms with Crippen LogP contribution >= 0.6 is 0 Å². The normalized spacial score (nSPS) is 12.4. The Kier molecular flexibility index (Phi) is 6.14. The number of rotatable bonds is 6. The van der Waals surface area contributed by atoms with Gasteiger partial charge in [-0.05, 0) is 37.6 Å². The summed E-state index contributed by atoms with van der Waals surface area (Å²) in [6, 6.07) is 15.8.